The molecule has 1 aromatic carbocycles. The normalized spacial score (nSPS) is 14.5. The van der Waals surface area contributed by atoms with E-state index in [1.165, 1.54) is 0 Å². The van der Waals surface area contributed by atoms with Crippen molar-refractivity contribution in [1.82, 2.24) is 20.9 Å². The Bertz CT molecular complexity index is 1070. The number of aromatic nitrogens is 1. The number of nitrogens with one attached hydrogen (secondary N) is 4. The average molecular weight is 535 g/mol. The van der Waals surface area contributed by atoms with E-state index in [1.807, 2.05) is 24.3 Å². The number of amides is 3. The summed E-state index contributed by atoms with van der Waals surface area (Å²) in [5, 5.41) is 18.3. The molecule has 9 N–H and O–H groups in total. The molecule has 11 nitrogen and oxygen atoms in total. The van der Waals surface area contributed by atoms with E-state index in [0.717, 1.165) is 16.5 Å². The van der Waals surface area contributed by atoms with Crippen molar-refractivity contribution in [3.63, 3.8) is 0 Å². The Morgan fingerprint density at radius 1 is 0.973 bits per heavy atom. The topological polar surface area (TPSA) is 192 Å². The number of aliphatic carboxylic acids is 1. The van der Waals surface area contributed by atoms with Gasteiger partial charge < -0.3 is 37.5 Å². The smallest absolute Gasteiger partial charge is 0.326 e. The molecule has 12 heteroatoms. The standard InChI is InChI=1S/C25H38N6O5S/c1-14(2)21(27)24(34)29-18(9-5-6-10-26)22(32)31-20(13-37)23(33)30-19(25(35)36)11-15-12-28-17-8-4-3-7-16(15)17/h3-4,7-8,12,14,18-21,28,37H,5-6,9-11,13,26-27H2,1-2H3,(H,29,34)(H,30,33)(H,31,32)(H,35,36). The van der Waals surface area contributed by atoms with Crippen molar-refractivity contribution >= 4 is 47.2 Å². The third-order valence-electron chi connectivity index (χ3n) is 6.13. The number of rotatable bonds is 15. The first-order chi connectivity index (χ1) is 17.6. The molecular weight excluding hydrogens is 496 g/mol. The van der Waals surface area contributed by atoms with Crippen molar-refractivity contribution in [1.29, 1.82) is 0 Å². The quantitative estimate of drug-likeness (QED) is 0.119. The highest BCUT2D eigenvalue weighted by Gasteiger charge is 2.30. The van der Waals surface area contributed by atoms with Crippen molar-refractivity contribution < 1.29 is 24.3 Å². The molecule has 0 saturated heterocycles. The zero-order chi connectivity index (χ0) is 27.5. The number of benzene rings is 1. The van der Waals surface area contributed by atoms with Gasteiger partial charge in [-0.2, -0.15) is 12.6 Å². The molecule has 1 heterocycles. The SMILES string of the molecule is CC(C)C(N)C(=O)NC(CCCCN)C(=O)NC(CS)C(=O)NC(Cc1c[nH]c2ccccc12)C(=O)O. The molecular formula is C25H38N6O5S. The fraction of sp³-hybridized carbons (Fsp3) is 0.520. The number of carboxylic acid groups (broad SMARTS) is 1. The lowest BCUT2D eigenvalue weighted by molar-refractivity contribution is -0.142. The van der Waals surface area contributed by atoms with Gasteiger partial charge in [0.2, 0.25) is 17.7 Å². The van der Waals surface area contributed by atoms with Gasteiger partial charge >= 0.3 is 5.97 Å². The zero-order valence-corrected chi connectivity index (χ0v) is 22.1. The van der Waals surface area contributed by atoms with Crippen LogP contribution in [0.4, 0.5) is 0 Å². The van der Waals surface area contributed by atoms with Crippen LogP contribution in [0, 0.1) is 5.92 Å². The Hall–Kier alpha value is -3.09. The van der Waals surface area contributed by atoms with Gasteiger partial charge in [-0.05, 0) is 43.4 Å². The third-order valence-corrected chi connectivity index (χ3v) is 6.50. The predicted molar refractivity (Wildman–Crippen MR) is 145 cm³/mol. The number of para-hydroxylation sites is 1. The van der Waals surface area contributed by atoms with Crippen LogP contribution >= 0.6 is 12.6 Å². The lowest BCUT2D eigenvalue weighted by Gasteiger charge is -2.25. The van der Waals surface area contributed by atoms with Gasteiger partial charge in [0.05, 0.1) is 6.04 Å². The summed E-state index contributed by atoms with van der Waals surface area (Å²) < 4.78 is 0. The minimum Gasteiger partial charge on any atom is -0.480 e. The molecule has 2 rings (SSSR count). The second-order valence-electron chi connectivity index (χ2n) is 9.32. The number of hydrogen-bond acceptors (Lipinski definition) is 7. The summed E-state index contributed by atoms with van der Waals surface area (Å²) in [6, 6.07) is 3.37. The molecule has 0 radical (unpaired) electrons. The number of carboxylic acids is 1. The summed E-state index contributed by atoms with van der Waals surface area (Å²) in [6.45, 7) is 4.02. The highest BCUT2D eigenvalue weighted by molar-refractivity contribution is 7.80. The zero-order valence-electron chi connectivity index (χ0n) is 21.2. The van der Waals surface area contributed by atoms with Crippen molar-refractivity contribution in [2.24, 2.45) is 17.4 Å². The lowest BCUT2D eigenvalue weighted by Crippen LogP contribution is -2.58. The van der Waals surface area contributed by atoms with Gasteiger partial charge in [0.1, 0.15) is 18.1 Å². The van der Waals surface area contributed by atoms with Crippen LogP contribution in [0.2, 0.25) is 0 Å². The van der Waals surface area contributed by atoms with Crippen molar-refractivity contribution in [3.05, 3.63) is 36.0 Å². The molecule has 0 aliphatic carbocycles. The second kappa shape index (κ2) is 14.6. The number of carbonyl (C=O) groups is 4. The van der Waals surface area contributed by atoms with Crippen molar-refractivity contribution in [2.75, 3.05) is 12.3 Å². The van der Waals surface area contributed by atoms with Crippen LogP contribution < -0.4 is 27.4 Å². The largest absolute Gasteiger partial charge is 0.480 e. The lowest BCUT2D eigenvalue weighted by atomic mass is 10.0. The van der Waals surface area contributed by atoms with E-state index in [9.17, 15) is 24.3 Å². The highest BCUT2D eigenvalue weighted by atomic mass is 32.1. The maximum Gasteiger partial charge on any atom is 0.326 e. The molecule has 204 valence electrons. The van der Waals surface area contributed by atoms with Crippen LogP contribution in [0.25, 0.3) is 10.9 Å². The molecule has 0 fully saturated rings. The molecule has 37 heavy (non-hydrogen) atoms. The molecule has 2 aromatic rings. The Kier molecular flexibility index (Phi) is 11.9. The third kappa shape index (κ3) is 8.76. The first kappa shape index (κ1) is 30.1. The summed E-state index contributed by atoms with van der Waals surface area (Å²) in [6.07, 6.45) is 3.29. The van der Waals surface area contributed by atoms with Gasteiger partial charge in [0.15, 0.2) is 0 Å². The summed E-state index contributed by atoms with van der Waals surface area (Å²) >= 11 is 4.17. The number of carbonyl (C=O) groups excluding carboxylic acids is 3. The number of hydrogen-bond donors (Lipinski definition) is 8. The number of H-pyrrole nitrogens is 1. The number of aromatic amines is 1. The van der Waals surface area contributed by atoms with Gasteiger partial charge in [-0.15, -0.1) is 0 Å². The summed E-state index contributed by atoms with van der Waals surface area (Å²) in [4.78, 5) is 53.5. The van der Waals surface area contributed by atoms with Gasteiger partial charge in [-0.25, -0.2) is 4.79 Å². The van der Waals surface area contributed by atoms with E-state index in [1.54, 1.807) is 20.0 Å². The van der Waals surface area contributed by atoms with Crippen LogP contribution in [0.3, 0.4) is 0 Å². The molecule has 4 atom stereocenters. The molecule has 0 aliphatic rings. The molecule has 1 aromatic heterocycles. The summed E-state index contributed by atoms with van der Waals surface area (Å²) in [5.74, 6) is -3.17. The van der Waals surface area contributed by atoms with Crippen LogP contribution in [0.5, 0.6) is 0 Å². The minimum atomic E-state index is -1.23. The number of fused-ring (bicyclic) bond motifs is 1. The van der Waals surface area contributed by atoms with E-state index in [-0.39, 0.29) is 18.1 Å². The average Bonchev–Trinajstić information content (AvgIpc) is 3.28. The summed E-state index contributed by atoms with van der Waals surface area (Å²) in [7, 11) is 0. The van der Waals surface area contributed by atoms with E-state index >= 15 is 0 Å². The van der Waals surface area contributed by atoms with Crippen LogP contribution in [0.1, 0.15) is 38.7 Å². The molecule has 0 saturated carbocycles. The number of unbranched alkanes of at least 4 members (excludes halogenated alkanes) is 1. The van der Waals surface area contributed by atoms with Gasteiger partial charge in [0.25, 0.3) is 0 Å². The fourth-order valence-electron chi connectivity index (χ4n) is 3.79. The fourth-order valence-corrected chi connectivity index (χ4v) is 4.05. The molecule has 4 unspecified atom stereocenters. The monoisotopic (exact) mass is 534 g/mol. The summed E-state index contributed by atoms with van der Waals surface area (Å²) in [5.41, 5.74) is 13.1. The van der Waals surface area contributed by atoms with E-state index in [2.05, 4.69) is 33.6 Å². The van der Waals surface area contributed by atoms with Crippen LogP contribution in [-0.2, 0) is 25.6 Å². The first-order valence-electron chi connectivity index (χ1n) is 12.3. The van der Waals surface area contributed by atoms with E-state index in [0.29, 0.717) is 25.8 Å². The highest BCUT2D eigenvalue weighted by Crippen LogP contribution is 2.19. The number of nitrogens with two attached hydrogens (primary N) is 2. The van der Waals surface area contributed by atoms with Gasteiger partial charge in [0, 0.05) is 29.3 Å². The minimum absolute atomic E-state index is 0.0448. The Balaban J connectivity index is 2.09. The Morgan fingerprint density at radius 3 is 2.22 bits per heavy atom. The van der Waals surface area contributed by atoms with E-state index < -0.39 is 47.9 Å². The molecule has 0 spiro atoms. The van der Waals surface area contributed by atoms with E-state index in [4.69, 9.17) is 11.5 Å². The van der Waals surface area contributed by atoms with Gasteiger partial charge in [-0.3, -0.25) is 14.4 Å². The first-order valence-corrected chi connectivity index (χ1v) is 13.0. The van der Waals surface area contributed by atoms with Crippen molar-refractivity contribution in [2.45, 2.75) is 63.7 Å². The Morgan fingerprint density at radius 2 is 1.59 bits per heavy atom. The predicted octanol–water partition coefficient (Wildman–Crippen LogP) is 0.292. The molecule has 0 aliphatic heterocycles. The number of thiol groups is 1. The van der Waals surface area contributed by atoms with Crippen LogP contribution in [0.15, 0.2) is 30.5 Å². The van der Waals surface area contributed by atoms with Crippen LogP contribution in [-0.4, -0.2) is 70.2 Å². The maximum atomic E-state index is 13.0. The molecule has 3 amide bonds. The second-order valence-corrected chi connectivity index (χ2v) is 9.69. The Labute approximate surface area is 221 Å². The maximum absolute atomic E-state index is 13.0. The molecule has 0 bridgehead atoms. The van der Waals surface area contributed by atoms with Crippen molar-refractivity contribution in [3.8, 4) is 0 Å². The van der Waals surface area contributed by atoms with Gasteiger partial charge in [-0.1, -0.05) is 32.0 Å².